The van der Waals surface area contributed by atoms with E-state index in [0.717, 1.165) is 11.5 Å². The van der Waals surface area contributed by atoms with E-state index in [0.29, 0.717) is 11.6 Å². The molecule has 0 spiro atoms. The van der Waals surface area contributed by atoms with E-state index in [4.69, 9.17) is 4.52 Å². The van der Waals surface area contributed by atoms with E-state index in [2.05, 4.69) is 24.6 Å². The molecule has 0 aromatic carbocycles. The van der Waals surface area contributed by atoms with Crippen LogP contribution in [0.4, 0.5) is 0 Å². The van der Waals surface area contributed by atoms with E-state index in [1.165, 1.54) is 11.8 Å². The molecule has 0 bridgehead atoms. The number of nitrogens with one attached hydrogen (secondary N) is 2. The maximum Gasteiger partial charge on any atom is 0.367 e. The Bertz CT molecular complexity index is 620. The van der Waals surface area contributed by atoms with Crippen molar-refractivity contribution in [2.45, 2.75) is 12.7 Å². The number of thioether (sulfide) groups is 1. The SMILES string of the molecule is CNC1=NS(=O)(=O)N=C1NCSCc1cc(C)on1. The average molecular weight is 303 g/mol. The quantitative estimate of drug-likeness (QED) is 0.597. The summed E-state index contributed by atoms with van der Waals surface area (Å²) in [5.74, 6) is 2.36. The number of amidine groups is 2. The van der Waals surface area contributed by atoms with Gasteiger partial charge >= 0.3 is 10.2 Å². The van der Waals surface area contributed by atoms with Crippen LogP contribution in [-0.4, -0.2) is 38.2 Å². The number of hydrogen-bond donors (Lipinski definition) is 2. The fraction of sp³-hybridized carbons (Fsp3) is 0.444. The van der Waals surface area contributed by atoms with Gasteiger partial charge in [0.1, 0.15) is 5.76 Å². The fourth-order valence-corrected chi connectivity index (χ4v) is 2.90. The zero-order valence-corrected chi connectivity index (χ0v) is 12.0. The maximum absolute atomic E-state index is 11.2. The van der Waals surface area contributed by atoms with E-state index in [9.17, 15) is 8.42 Å². The summed E-state index contributed by atoms with van der Waals surface area (Å²) in [7, 11) is -2.14. The minimum absolute atomic E-state index is 0.220. The fourth-order valence-electron chi connectivity index (χ4n) is 1.38. The molecule has 0 atom stereocenters. The Kier molecular flexibility index (Phi) is 4.10. The molecule has 0 saturated carbocycles. The smallest absolute Gasteiger partial charge is 0.367 e. The van der Waals surface area contributed by atoms with Gasteiger partial charge in [-0.2, -0.15) is 8.42 Å². The van der Waals surface area contributed by atoms with Gasteiger partial charge in [0.2, 0.25) is 0 Å². The van der Waals surface area contributed by atoms with Crippen LogP contribution < -0.4 is 10.6 Å². The molecule has 1 aliphatic heterocycles. The predicted octanol–water partition coefficient (Wildman–Crippen LogP) is 0.0381. The molecule has 1 aliphatic rings. The second-order valence-electron chi connectivity index (χ2n) is 3.68. The molecule has 2 N–H and O–H groups in total. The summed E-state index contributed by atoms with van der Waals surface area (Å²) in [6, 6.07) is 1.85. The Morgan fingerprint density at radius 2 is 2.11 bits per heavy atom. The minimum Gasteiger partial charge on any atom is -0.369 e. The molecule has 2 heterocycles. The third-order valence-electron chi connectivity index (χ3n) is 2.14. The van der Waals surface area contributed by atoms with Crippen LogP contribution in [-0.2, 0) is 16.0 Å². The van der Waals surface area contributed by atoms with Gasteiger partial charge < -0.3 is 15.2 Å². The van der Waals surface area contributed by atoms with Crippen molar-refractivity contribution in [1.82, 2.24) is 15.8 Å². The molecule has 0 fully saturated rings. The van der Waals surface area contributed by atoms with Crippen LogP contribution in [0.2, 0.25) is 0 Å². The number of aryl methyl sites for hydroxylation is 1. The third kappa shape index (κ3) is 3.70. The van der Waals surface area contributed by atoms with Crippen LogP contribution in [0.5, 0.6) is 0 Å². The summed E-state index contributed by atoms with van der Waals surface area (Å²) in [5.41, 5.74) is 0.841. The molecule has 10 heteroatoms. The Morgan fingerprint density at radius 1 is 1.37 bits per heavy atom. The number of hydrogen-bond acceptors (Lipinski definition) is 7. The number of rotatable bonds is 4. The lowest BCUT2D eigenvalue weighted by Crippen LogP contribution is -2.36. The second kappa shape index (κ2) is 5.61. The van der Waals surface area contributed by atoms with Crippen LogP contribution in [0.15, 0.2) is 19.4 Å². The topological polar surface area (TPSA) is 109 Å². The van der Waals surface area contributed by atoms with Gasteiger partial charge in [0, 0.05) is 18.9 Å². The van der Waals surface area contributed by atoms with Crippen molar-refractivity contribution in [3.8, 4) is 0 Å². The molecule has 2 rings (SSSR count). The Morgan fingerprint density at radius 3 is 2.74 bits per heavy atom. The Labute approximate surface area is 114 Å². The first kappa shape index (κ1) is 13.9. The van der Waals surface area contributed by atoms with Gasteiger partial charge in [-0.25, -0.2) is 0 Å². The summed E-state index contributed by atoms with van der Waals surface area (Å²) in [5, 5.41) is 9.42. The lowest BCUT2D eigenvalue weighted by molar-refractivity contribution is 0.393. The Hall–Kier alpha value is -1.55. The molecule has 8 nitrogen and oxygen atoms in total. The molecule has 1 aromatic rings. The normalized spacial score (nSPS) is 16.9. The van der Waals surface area contributed by atoms with E-state index >= 15 is 0 Å². The molecular formula is C9H13N5O3S2. The molecule has 0 unspecified atom stereocenters. The molecule has 0 radical (unpaired) electrons. The van der Waals surface area contributed by atoms with Gasteiger partial charge in [-0.05, 0) is 6.92 Å². The molecular weight excluding hydrogens is 290 g/mol. The molecule has 0 saturated heterocycles. The predicted molar refractivity (Wildman–Crippen MR) is 73.4 cm³/mol. The van der Waals surface area contributed by atoms with Gasteiger partial charge in [-0.3, -0.25) is 0 Å². The highest BCUT2D eigenvalue weighted by Gasteiger charge is 2.22. The van der Waals surface area contributed by atoms with Crippen LogP contribution in [0.25, 0.3) is 0 Å². The first-order valence-electron chi connectivity index (χ1n) is 5.37. The lowest BCUT2D eigenvalue weighted by Gasteiger charge is -2.05. The molecule has 0 aliphatic carbocycles. The second-order valence-corrected chi connectivity index (χ2v) is 5.92. The van der Waals surface area contributed by atoms with Crippen molar-refractivity contribution in [3.05, 3.63) is 17.5 Å². The van der Waals surface area contributed by atoms with Crippen LogP contribution in [0.3, 0.4) is 0 Å². The third-order valence-corrected chi connectivity index (χ3v) is 3.82. The van der Waals surface area contributed by atoms with Crippen molar-refractivity contribution < 1.29 is 12.9 Å². The standard InChI is InChI=1S/C9H13N5O3S2/c1-6-3-7(12-17-6)4-18-5-11-9-8(10-2)13-19(15,16)14-9/h3H,4-5H2,1-2H3,(H,10,13)(H,11,14). The number of likely N-dealkylation sites (N-methyl/N-ethyl adjacent to an activating group) is 1. The highest BCUT2D eigenvalue weighted by atomic mass is 32.2. The van der Waals surface area contributed by atoms with Gasteiger partial charge in [0.15, 0.2) is 11.7 Å². The van der Waals surface area contributed by atoms with E-state index in [-0.39, 0.29) is 11.7 Å². The van der Waals surface area contributed by atoms with Crippen molar-refractivity contribution >= 4 is 33.6 Å². The van der Waals surface area contributed by atoms with Gasteiger partial charge in [0.25, 0.3) is 0 Å². The van der Waals surface area contributed by atoms with Crippen molar-refractivity contribution in [2.24, 2.45) is 8.80 Å². The zero-order chi connectivity index (χ0) is 13.9. The number of aromatic nitrogens is 1. The molecule has 0 amide bonds. The maximum atomic E-state index is 11.2. The summed E-state index contributed by atoms with van der Waals surface area (Å²) < 4.78 is 34.2. The first-order valence-corrected chi connectivity index (χ1v) is 7.92. The Balaban J connectivity index is 1.82. The summed E-state index contributed by atoms with van der Waals surface area (Å²) >= 11 is 1.53. The van der Waals surface area contributed by atoms with Gasteiger partial charge in [-0.15, -0.1) is 20.6 Å². The molecule has 1 aromatic heterocycles. The van der Waals surface area contributed by atoms with Crippen molar-refractivity contribution in [3.63, 3.8) is 0 Å². The highest BCUT2D eigenvalue weighted by molar-refractivity contribution is 7.98. The zero-order valence-electron chi connectivity index (χ0n) is 10.4. The van der Waals surface area contributed by atoms with E-state index in [1.54, 1.807) is 7.05 Å². The average Bonchev–Trinajstić information content (AvgIpc) is 2.88. The number of nitrogens with zero attached hydrogens (tertiary/aromatic N) is 3. The first-order chi connectivity index (χ1) is 9.00. The lowest BCUT2D eigenvalue weighted by atomic mass is 10.4. The van der Waals surface area contributed by atoms with Gasteiger partial charge in [-0.1, -0.05) is 5.16 Å². The monoisotopic (exact) mass is 303 g/mol. The van der Waals surface area contributed by atoms with Crippen LogP contribution in [0, 0.1) is 6.92 Å². The largest absolute Gasteiger partial charge is 0.369 e. The van der Waals surface area contributed by atoms with Gasteiger partial charge in [0.05, 0.1) is 11.6 Å². The molecule has 19 heavy (non-hydrogen) atoms. The van der Waals surface area contributed by atoms with E-state index < -0.39 is 10.2 Å². The highest BCUT2D eigenvalue weighted by Crippen LogP contribution is 2.11. The minimum atomic E-state index is -3.73. The van der Waals surface area contributed by atoms with Crippen LogP contribution in [0.1, 0.15) is 11.5 Å². The van der Waals surface area contributed by atoms with Crippen molar-refractivity contribution in [2.75, 3.05) is 12.9 Å². The summed E-state index contributed by atoms with van der Waals surface area (Å²) in [6.45, 7) is 1.83. The summed E-state index contributed by atoms with van der Waals surface area (Å²) in [4.78, 5) is 0. The molecule has 104 valence electrons. The van der Waals surface area contributed by atoms with Crippen molar-refractivity contribution in [1.29, 1.82) is 0 Å². The van der Waals surface area contributed by atoms with Crippen LogP contribution >= 0.6 is 11.8 Å². The summed E-state index contributed by atoms with van der Waals surface area (Å²) in [6.07, 6.45) is 0. The van der Waals surface area contributed by atoms with E-state index in [1.807, 2.05) is 13.0 Å².